The van der Waals surface area contributed by atoms with Crippen LogP contribution in [0.5, 0.6) is 0 Å². The normalized spacial score (nSPS) is 11.0. The summed E-state index contributed by atoms with van der Waals surface area (Å²) < 4.78 is 0. The lowest BCUT2D eigenvalue weighted by atomic mass is 10.2. The highest BCUT2D eigenvalue weighted by Gasteiger charge is 2.08. The lowest BCUT2D eigenvalue weighted by Crippen LogP contribution is -2.23. The molecule has 1 aromatic rings. The fourth-order valence-electron chi connectivity index (χ4n) is 1.50. The van der Waals surface area contributed by atoms with Crippen molar-refractivity contribution in [2.24, 2.45) is 0 Å². The first-order valence-corrected chi connectivity index (χ1v) is 7.89. The van der Waals surface area contributed by atoms with Gasteiger partial charge in [-0.05, 0) is 17.9 Å². The highest BCUT2D eigenvalue weighted by molar-refractivity contribution is 7.98. The molecule has 0 aliphatic rings. The Morgan fingerprint density at radius 1 is 1.50 bits per heavy atom. The number of rotatable bonds is 7. The van der Waals surface area contributed by atoms with Gasteiger partial charge in [-0.1, -0.05) is 25.4 Å². The second kappa shape index (κ2) is 7.87. The third-order valence-corrected chi connectivity index (χ3v) is 3.45. The maximum Gasteiger partial charge on any atom is 0.147 e. The molecular formula is C13H22ClN3S. The van der Waals surface area contributed by atoms with Crippen molar-refractivity contribution in [1.82, 2.24) is 10.3 Å². The van der Waals surface area contributed by atoms with Crippen molar-refractivity contribution in [1.29, 1.82) is 0 Å². The standard InChI is InChI=1S/C13H22ClN3S/c1-10(2)15-8-11-7-12(14)13(16-9-11)17(3)5-6-18-4/h7,9-10,15H,5-6,8H2,1-4H3. The van der Waals surface area contributed by atoms with Crippen molar-refractivity contribution < 1.29 is 0 Å². The molecule has 1 heterocycles. The minimum absolute atomic E-state index is 0.465. The van der Waals surface area contributed by atoms with Crippen molar-refractivity contribution in [2.45, 2.75) is 26.4 Å². The van der Waals surface area contributed by atoms with E-state index in [1.54, 1.807) is 0 Å². The van der Waals surface area contributed by atoms with Crippen LogP contribution in [0.3, 0.4) is 0 Å². The number of hydrogen-bond acceptors (Lipinski definition) is 4. The summed E-state index contributed by atoms with van der Waals surface area (Å²) in [6.45, 7) is 6.01. The van der Waals surface area contributed by atoms with Crippen LogP contribution in [0.1, 0.15) is 19.4 Å². The third-order valence-electron chi connectivity index (χ3n) is 2.59. The Balaban J connectivity index is 2.66. The van der Waals surface area contributed by atoms with Gasteiger partial charge in [-0.2, -0.15) is 11.8 Å². The van der Waals surface area contributed by atoms with Crippen molar-refractivity contribution in [3.8, 4) is 0 Å². The fourth-order valence-corrected chi connectivity index (χ4v) is 2.29. The van der Waals surface area contributed by atoms with E-state index in [0.717, 1.165) is 35.2 Å². The van der Waals surface area contributed by atoms with E-state index in [-0.39, 0.29) is 0 Å². The summed E-state index contributed by atoms with van der Waals surface area (Å²) in [5.74, 6) is 1.93. The van der Waals surface area contributed by atoms with E-state index in [1.807, 2.05) is 31.1 Å². The molecule has 0 saturated carbocycles. The molecule has 0 spiro atoms. The Labute approximate surface area is 119 Å². The molecule has 0 aliphatic carbocycles. The van der Waals surface area contributed by atoms with Gasteiger partial charge in [0.2, 0.25) is 0 Å². The van der Waals surface area contributed by atoms with E-state index >= 15 is 0 Å². The largest absolute Gasteiger partial charge is 0.358 e. The van der Waals surface area contributed by atoms with Crippen LogP contribution in [-0.2, 0) is 6.54 Å². The summed E-state index contributed by atoms with van der Waals surface area (Å²) in [4.78, 5) is 6.55. The molecule has 1 aromatic heterocycles. The molecule has 1 N–H and O–H groups in total. The summed E-state index contributed by atoms with van der Waals surface area (Å²) in [6.07, 6.45) is 4.00. The van der Waals surface area contributed by atoms with Crippen LogP contribution in [-0.4, -0.2) is 36.6 Å². The Morgan fingerprint density at radius 3 is 2.78 bits per heavy atom. The minimum Gasteiger partial charge on any atom is -0.358 e. The van der Waals surface area contributed by atoms with E-state index < -0.39 is 0 Å². The maximum absolute atomic E-state index is 6.28. The molecule has 0 aromatic carbocycles. The van der Waals surface area contributed by atoms with Gasteiger partial charge in [0, 0.05) is 38.1 Å². The maximum atomic E-state index is 6.28. The number of thioether (sulfide) groups is 1. The van der Waals surface area contributed by atoms with Crippen LogP contribution in [0.15, 0.2) is 12.3 Å². The fraction of sp³-hybridized carbons (Fsp3) is 0.615. The Morgan fingerprint density at radius 2 is 2.22 bits per heavy atom. The van der Waals surface area contributed by atoms with Crippen molar-refractivity contribution >= 4 is 29.2 Å². The predicted molar refractivity (Wildman–Crippen MR) is 82.9 cm³/mol. The van der Waals surface area contributed by atoms with E-state index in [9.17, 15) is 0 Å². The zero-order chi connectivity index (χ0) is 13.5. The smallest absolute Gasteiger partial charge is 0.147 e. The molecule has 18 heavy (non-hydrogen) atoms. The van der Waals surface area contributed by atoms with Gasteiger partial charge >= 0.3 is 0 Å². The molecule has 102 valence electrons. The number of pyridine rings is 1. The van der Waals surface area contributed by atoms with Gasteiger partial charge < -0.3 is 10.2 Å². The van der Waals surface area contributed by atoms with Crippen LogP contribution in [0, 0.1) is 0 Å². The lowest BCUT2D eigenvalue weighted by molar-refractivity contribution is 0.588. The van der Waals surface area contributed by atoms with E-state index in [0.29, 0.717) is 6.04 Å². The second-order valence-corrected chi connectivity index (χ2v) is 5.99. The van der Waals surface area contributed by atoms with E-state index in [2.05, 4.69) is 35.3 Å². The molecular weight excluding hydrogens is 266 g/mol. The molecule has 0 saturated heterocycles. The zero-order valence-electron chi connectivity index (χ0n) is 11.5. The number of aromatic nitrogens is 1. The van der Waals surface area contributed by atoms with Gasteiger partial charge in [0.25, 0.3) is 0 Å². The molecule has 0 radical (unpaired) electrons. The van der Waals surface area contributed by atoms with Crippen molar-refractivity contribution in [2.75, 3.05) is 30.5 Å². The van der Waals surface area contributed by atoms with Crippen LogP contribution in [0.25, 0.3) is 0 Å². The van der Waals surface area contributed by atoms with Crippen LogP contribution >= 0.6 is 23.4 Å². The van der Waals surface area contributed by atoms with Crippen molar-refractivity contribution in [3.63, 3.8) is 0 Å². The second-order valence-electron chi connectivity index (χ2n) is 4.60. The first-order chi connectivity index (χ1) is 8.54. The van der Waals surface area contributed by atoms with Crippen LogP contribution in [0.4, 0.5) is 5.82 Å². The van der Waals surface area contributed by atoms with Crippen LogP contribution < -0.4 is 10.2 Å². The van der Waals surface area contributed by atoms with Gasteiger partial charge in [-0.25, -0.2) is 4.98 Å². The van der Waals surface area contributed by atoms with Gasteiger partial charge in [-0.3, -0.25) is 0 Å². The van der Waals surface area contributed by atoms with E-state index in [4.69, 9.17) is 11.6 Å². The Bertz CT molecular complexity index is 371. The zero-order valence-corrected chi connectivity index (χ0v) is 13.1. The molecule has 0 atom stereocenters. The number of nitrogens with zero attached hydrogens (tertiary/aromatic N) is 2. The quantitative estimate of drug-likeness (QED) is 0.834. The van der Waals surface area contributed by atoms with Crippen molar-refractivity contribution in [3.05, 3.63) is 22.8 Å². The monoisotopic (exact) mass is 287 g/mol. The highest BCUT2D eigenvalue weighted by Crippen LogP contribution is 2.23. The molecule has 5 heteroatoms. The summed E-state index contributed by atoms with van der Waals surface area (Å²) in [5, 5.41) is 4.08. The average Bonchev–Trinajstić information content (AvgIpc) is 2.33. The summed E-state index contributed by atoms with van der Waals surface area (Å²) in [6, 6.07) is 2.46. The number of halogens is 1. The first-order valence-electron chi connectivity index (χ1n) is 6.12. The molecule has 0 fully saturated rings. The number of nitrogens with one attached hydrogen (secondary N) is 1. The van der Waals surface area contributed by atoms with Gasteiger partial charge in [0.15, 0.2) is 0 Å². The number of hydrogen-bond donors (Lipinski definition) is 1. The Kier molecular flexibility index (Phi) is 6.82. The molecule has 3 nitrogen and oxygen atoms in total. The summed E-state index contributed by atoms with van der Waals surface area (Å²) in [5.41, 5.74) is 1.12. The van der Waals surface area contributed by atoms with Gasteiger partial charge in [0.1, 0.15) is 5.82 Å². The molecule has 0 unspecified atom stereocenters. The lowest BCUT2D eigenvalue weighted by Gasteiger charge is -2.19. The summed E-state index contributed by atoms with van der Waals surface area (Å²) in [7, 11) is 2.02. The summed E-state index contributed by atoms with van der Waals surface area (Å²) >= 11 is 8.10. The average molecular weight is 288 g/mol. The first kappa shape index (κ1) is 15.6. The molecule has 1 rings (SSSR count). The molecule has 0 aliphatic heterocycles. The van der Waals surface area contributed by atoms with E-state index in [1.165, 1.54) is 0 Å². The molecule has 0 bridgehead atoms. The topological polar surface area (TPSA) is 28.2 Å². The van der Waals surface area contributed by atoms with Gasteiger partial charge in [0.05, 0.1) is 5.02 Å². The molecule has 0 amide bonds. The van der Waals surface area contributed by atoms with Crippen LogP contribution in [0.2, 0.25) is 5.02 Å². The third kappa shape index (κ3) is 5.04. The number of anilines is 1. The Hall–Kier alpha value is -0.450. The predicted octanol–water partition coefficient (Wildman–Crippen LogP) is 3.03. The highest BCUT2D eigenvalue weighted by atomic mass is 35.5. The minimum atomic E-state index is 0.465. The van der Waals surface area contributed by atoms with Gasteiger partial charge in [-0.15, -0.1) is 0 Å². The SMILES string of the molecule is CSCCN(C)c1ncc(CNC(C)C)cc1Cl.